The number of nitrogens with two attached hydrogens (primary N) is 1. The van der Waals surface area contributed by atoms with E-state index in [0.29, 0.717) is 11.5 Å². The molecule has 0 saturated heterocycles. The molecule has 2 rings (SSSR count). The summed E-state index contributed by atoms with van der Waals surface area (Å²) in [5, 5.41) is 4.16. The summed E-state index contributed by atoms with van der Waals surface area (Å²) in [7, 11) is 0. The van der Waals surface area contributed by atoms with Crippen molar-refractivity contribution in [2.45, 2.75) is 13.8 Å². The van der Waals surface area contributed by atoms with Crippen LogP contribution in [0.25, 0.3) is 10.5 Å². The first-order valence-corrected chi connectivity index (χ1v) is 4.92. The maximum Gasteiger partial charge on any atom is 0.247 e. The van der Waals surface area contributed by atoms with Gasteiger partial charge in [-0.25, -0.2) is 9.53 Å². The smallest absolute Gasteiger partial charge is 0.247 e. The van der Waals surface area contributed by atoms with Crippen LogP contribution >= 0.6 is 0 Å². The zero-order valence-electron chi connectivity index (χ0n) is 9.23. The van der Waals surface area contributed by atoms with Gasteiger partial charge in [0.2, 0.25) is 5.69 Å². The quantitative estimate of drug-likeness (QED) is 0.739. The number of nitrogen functional groups attached to an aromatic ring is 1. The van der Waals surface area contributed by atoms with E-state index >= 15 is 0 Å². The number of hydrogen-bond donors (Lipinski definition) is 1. The number of rotatable bonds is 1. The molecule has 0 fully saturated rings. The highest BCUT2D eigenvalue weighted by Gasteiger charge is 2.12. The molecule has 0 amide bonds. The van der Waals surface area contributed by atoms with Crippen LogP contribution in [-0.2, 0) is 0 Å². The van der Waals surface area contributed by atoms with Crippen LogP contribution < -0.4 is 5.73 Å². The topological polar surface area (TPSA) is 48.2 Å². The van der Waals surface area contributed by atoms with Crippen LogP contribution in [0.1, 0.15) is 11.1 Å². The van der Waals surface area contributed by atoms with Crippen molar-refractivity contribution in [2.24, 2.45) is 0 Å². The molecule has 4 heteroatoms. The average molecular weight is 212 g/mol. The van der Waals surface area contributed by atoms with Crippen LogP contribution in [0.3, 0.4) is 0 Å². The molecule has 0 aliphatic rings. The van der Waals surface area contributed by atoms with Crippen LogP contribution in [0.15, 0.2) is 24.4 Å². The van der Waals surface area contributed by atoms with E-state index in [0.717, 1.165) is 16.8 Å². The van der Waals surface area contributed by atoms with E-state index in [-0.39, 0.29) is 0 Å². The first-order valence-electron chi connectivity index (χ1n) is 4.92. The van der Waals surface area contributed by atoms with Crippen molar-refractivity contribution in [1.29, 1.82) is 0 Å². The highest BCUT2D eigenvalue weighted by molar-refractivity contribution is 5.66. The molecule has 2 aromatic rings. The second kappa shape index (κ2) is 3.70. The molecule has 0 saturated carbocycles. The molecule has 0 atom stereocenters. The van der Waals surface area contributed by atoms with Gasteiger partial charge in [0.1, 0.15) is 5.82 Å². The summed E-state index contributed by atoms with van der Waals surface area (Å²) in [6.07, 6.45) is 1.49. The van der Waals surface area contributed by atoms with Gasteiger partial charge in [-0.3, -0.25) is 0 Å². The fraction of sp³-hybridized carbons (Fsp3) is 0.167. The maximum atomic E-state index is 6.96. The first kappa shape index (κ1) is 10.2. The van der Waals surface area contributed by atoms with Gasteiger partial charge in [0.15, 0.2) is 0 Å². The van der Waals surface area contributed by atoms with Gasteiger partial charge >= 0.3 is 0 Å². The molecule has 0 unspecified atom stereocenters. The van der Waals surface area contributed by atoms with Crippen molar-refractivity contribution >= 4 is 11.5 Å². The number of hydrogen-bond acceptors (Lipinski definition) is 2. The maximum absolute atomic E-state index is 6.96. The van der Waals surface area contributed by atoms with E-state index in [1.165, 1.54) is 6.20 Å². The molecule has 2 N–H and O–H groups in total. The van der Waals surface area contributed by atoms with Crippen molar-refractivity contribution < 1.29 is 0 Å². The minimum atomic E-state index is 0.391. The molecule has 1 heterocycles. The van der Waals surface area contributed by atoms with Gasteiger partial charge in [0, 0.05) is 0 Å². The summed E-state index contributed by atoms with van der Waals surface area (Å²) in [4.78, 5) is 3.32. The Bertz CT molecular complexity index is 555. The van der Waals surface area contributed by atoms with Crippen molar-refractivity contribution in [2.75, 3.05) is 5.73 Å². The van der Waals surface area contributed by atoms with Gasteiger partial charge in [0.25, 0.3) is 0 Å². The van der Waals surface area contributed by atoms with Crippen LogP contribution in [0.2, 0.25) is 0 Å². The van der Waals surface area contributed by atoms with E-state index < -0.39 is 0 Å². The summed E-state index contributed by atoms with van der Waals surface area (Å²) in [5.41, 5.74) is 9.39. The molecular weight excluding hydrogens is 200 g/mol. The largest absolute Gasteiger partial charge is 0.392 e. The predicted octanol–water partition coefficient (Wildman–Crippen LogP) is 2.62. The highest BCUT2D eigenvalue weighted by Crippen LogP contribution is 2.27. The lowest BCUT2D eigenvalue weighted by Gasteiger charge is -2.11. The van der Waals surface area contributed by atoms with Gasteiger partial charge in [-0.05, 0) is 25.0 Å². The summed E-state index contributed by atoms with van der Waals surface area (Å²) < 4.78 is 1.62. The summed E-state index contributed by atoms with van der Waals surface area (Å²) >= 11 is 0. The molecule has 0 radical (unpaired) electrons. The number of para-hydroxylation sites is 1. The zero-order chi connectivity index (χ0) is 11.7. The summed E-state index contributed by atoms with van der Waals surface area (Å²) in [5.74, 6) is 0.396. The first-order chi connectivity index (χ1) is 7.65. The molecular formula is C12H12N4. The standard InChI is InChI=1S/C12H12N4/c1-8-5-4-6-9(2)11(8)16-12(13)10(14-3)7-15-16/h4-7H,13H2,1-2H3. The third-order valence-corrected chi connectivity index (χ3v) is 2.56. The fourth-order valence-electron chi connectivity index (χ4n) is 1.75. The van der Waals surface area contributed by atoms with Crippen LogP contribution in [0.5, 0.6) is 0 Å². The SMILES string of the molecule is [C-]#[N+]c1cnn(-c2c(C)cccc2C)c1N. The highest BCUT2D eigenvalue weighted by atomic mass is 15.3. The molecule has 4 nitrogen and oxygen atoms in total. The Labute approximate surface area is 94.1 Å². The van der Waals surface area contributed by atoms with Crippen molar-refractivity contribution in [3.8, 4) is 5.69 Å². The fourth-order valence-corrected chi connectivity index (χ4v) is 1.75. The second-order valence-corrected chi connectivity index (χ2v) is 3.68. The molecule has 0 bridgehead atoms. The van der Waals surface area contributed by atoms with Gasteiger partial charge in [-0.15, -0.1) is 0 Å². The van der Waals surface area contributed by atoms with E-state index in [4.69, 9.17) is 12.3 Å². The Hall–Kier alpha value is -2.28. The molecule has 16 heavy (non-hydrogen) atoms. The average Bonchev–Trinajstić information content (AvgIpc) is 2.60. The van der Waals surface area contributed by atoms with Gasteiger partial charge < -0.3 is 5.73 Å². The lowest BCUT2D eigenvalue weighted by Crippen LogP contribution is -2.05. The molecule has 0 aliphatic carbocycles. The van der Waals surface area contributed by atoms with E-state index in [9.17, 15) is 0 Å². The Kier molecular flexibility index (Phi) is 2.37. The lowest BCUT2D eigenvalue weighted by molar-refractivity contribution is 0.875. The van der Waals surface area contributed by atoms with Gasteiger partial charge in [-0.2, -0.15) is 5.10 Å². The van der Waals surface area contributed by atoms with Gasteiger partial charge in [0.05, 0.1) is 18.5 Å². The Balaban J connectivity index is 2.69. The summed E-state index contributed by atoms with van der Waals surface area (Å²) in [6, 6.07) is 5.99. The number of nitrogens with zero attached hydrogens (tertiary/aromatic N) is 3. The molecule has 0 spiro atoms. The van der Waals surface area contributed by atoms with Crippen molar-refractivity contribution in [3.05, 3.63) is 46.9 Å². The third kappa shape index (κ3) is 1.43. The monoisotopic (exact) mass is 212 g/mol. The molecule has 1 aromatic carbocycles. The third-order valence-electron chi connectivity index (χ3n) is 2.56. The lowest BCUT2D eigenvalue weighted by atomic mass is 10.1. The van der Waals surface area contributed by atoms with E-state index in [1.807, 2.05) is 32.0 Å². The van der Waals surface area contributed by atoms with Crippen LogP contribution in [0.4, 0.5) is 11.5 Å². The molecule has 80 valence electrons. The Morgan fingerprint density at radius 1 is 1.31 bits per heavy atom. The summed E-state index contributed by atoms with van der Waals surface area (Å²) in [6.45, 7) is 11.0. The Morgan fingerprint density at radius 2 is 1.94 bits per heavy atom. The van der Waals surface area contributed by atoms with E-state index in [2.05, 4.69) is 9.94 Å². The van der Waals surface area contributed by atoms with Crippen molar-refractivity contribution in [3.63, 3.8) is 0 Å². The van der Waals surface area contributed by atoms with Crippen LogP contribution in [-0.4, -0.2) is 9.78 Å². The number of anilines is 1. The van der Waals surface area contributed by atoms with Crippen LogP contribution in [0, 0.1) is 20.4 Å². The molecule has 1 aromatic heterocycles. The normalized spacial score (nSPS) is 10.1. The minimum absolute atomic E-state index is 0.391. The van der Waals surface area contributed by atoms with Crippen molar-refractivity contribution in [1.82, 2.24) is 9.78 Å². The Morgan fingerprint density at radius 3 is 2.44 bits per heavy atom. The minimum Gasteiger partial charge on any atom is -0.392 e. The zero-order valence-corrected chi connectivity index (χ0v) is 9.23. The van der Waals surface area contributed by atoms with E-state index in [1.54, 1.807) is 4.68 Å². The number of aryl methyl sites for hydroxylation is 2. The second-order valence-electron chi connectivity index (χ2n) is 3.68. The number of aromatic nitrogens is 2. The predicted molar refractivity (Wildman–Crippen MR) is 63.7 cm³/mol. The van der Waals surface area contributed by atoms with Gasteiger partial charge in [-0.1, -0.05) is 18.2 Å². The molecule has 0 aliphatic heterocycles. The number of benzene rings is 1.